The highest BCUT2D eigenvalue weighted by Crippen LogP contribution is 2.45. The smallest absolute Gasteiger partial charge is 0.0956 e. The van der Waals surface area contributed by atoms with Gasteiger partial charge in [-0.25, -0.2) is 4.98 Å². The van der Waals surface area contributed by atoms with Crippen LogP contribution in [0.4, 0.5) is 0 Å². The number of imidazole rings is 1. The number of aliphatic hydroxyl groups is 1. The summed E-state index contributed by atoms with van der Waals surface area (Å²) in [5.74, 6) is 0.159. The van der Waals surface area contributed by atoms with E-state index in [1.807, 2.05) is 23.5 Å². The zero-order valence-electron chi connectivity index (χ0n) is 12.3. The first-order valence-corrected chi connectivity index (χ1v) is 7.68. The molecule has 5 nitrogen and oxygen atoms in total. The van der Waals surface area contributed by atoms with Crippen LogP contribution in [0.3, 0.4) is 0 Å². The number of hydrogen-bond acceptors (Lipinski definition) is 4. The fourth-order valence-electron chi connectivity index (χ4n) is 3.94. The van der Waals surface area contributed by atoms with E-state index in [1.54, 1.807) is 0 Å². The van der Waals surface area contributed by atoms with E-state index in [-0.39, 0.29) is 12.0 Å². The topological polar surface area (TPSA) is 65.1 Å². The summed E-state index contributed by atoms with van der Waals surface area (Å²) in [4.78, 5) is 6.31. The molecule has 2 aliphatic heterocycles. The van der Waals surface area contributed by atoms with Crippen LogP contribution in [-0.4, -0.2) is 45.3 Å². The summed E-state index contributed by atoms with van der Waals surface area (Å²) in [6.45, 7) is 1.82. The average Bonchev–Trinajstić information content (AvgIpc) is 3.09. The molecule has 3 heterocycles. The van der Waals surface area contributed by atoms with Crippen LogP contribution in [0.1, 0.15) is 18.0 Å². The molecule has 0 bridgehead atoms. The Hall–Kier alpha value is -2.16. The van der Waals surface area contributed by atoms with Crippen LogP contribution in [-0.2, 0) is 0 Å². The highest BCUT2D eigenvalue weighted by atomic mass is 16.3. The lowest BCUT2D eigenvalue weighted by molar-refractivity contribution is 0.0119. The molecule has 22 heavy (non-hydrogen) atoms. The van der Waals surface area contributed by atoms with Gasteiger partial charge in [-0.05, 0) is 18.5 Å². The van der Waals surface area contributed by atoms with E-state index in [4.69, 9.17) is 5.26 Å². The summed E-state index contributed by atoms with van der Waals surface area (Å²) in [7, 11) is 0. The fraction of sp³-hybridized carbons (Fsp3) is 0.412. The first kappa shape index (κ1) is 13.5. The zero-order chi connectivity index (χ0) is 15.1. The Morgan fingerprint density at radius 2 is 2.23 bits per heavy atom. The lowest BCUT2D eigenvalue weighted by Crippen LogP contribution is -2.46. The molecule has 0 aliphatic carbocycles. The molecule has 0 radical (unpaired) electrons. The molecule has 0 spiro atoms. The van der Waals surface area contributed by atoms with Crippen LogP contribution in [0, 0.1) is 17.2 Å². The van der Waals surface area contributed by atoms with E-state index in [0.29, 0.717) is 13.1 Å². The molecule has 0 amide bonds. The van der Waals surface area contributed by atoms with Crippen molar-refractivity contribution in [3.63, 3.8) is 0 Å². The van der Waals surface area contributed by atoms with Gasteiger partial charge in [-0.3, -0.25) is 4.90 Å². The van der Waals surface area contributed by atoms with Gasteiger partial charge in [-0.15, -0.1) is 0 Å². The Bertz CT molecular complexity index is 732. The van der Waals surface area contributed by atoms with Crippen LogP contribution in [0.2, 0.25) is 0 Å². The van der Waals surface area contributed by atoms with Crippen molar-refractivity contribution in [2.75, 3.05) is 19.6 Å². The lowest BCUT2D eigenvalue weighted by atomic mass is 9.83. The van der Waals surface area contributed by atoms with Gasteiger partial charge in [-0.2, -0.15) is 5.26 Å². The van der Waals surface area contributed by atoms with Gasteiger partial charge < -0.3 is 9.67 Å². The van der Waals surface area contributed by atoms with Crippen LogP contribution in [0.5, 0.6) is 0 Å². The number of fused-ring (bicyclic) bond motifs is 3. The van der Waals surface area contributed by atoms with Crippen molar-refractivity contribution < 1.29 is 5.11 Å². The van der Waals surface area contributed by atoms with E-state index in [2.05, 4.69) is 33.8 Å². The summed E-state index contributed by atoms with van der Waals surface area (Å²) >= 11 is 0. The molecular formula is C17H18N4O. The van der Waals surface area contributed by atoms with Crippen molar-refractivity contribution in [1.82, 2.24) is 14.5 Å². The molecule has 1 saturated heterocycles. The molecule has 1 fully saturated rings. The minimum Gasteiger partial charge on any atom is -0.391 e. The van der Waals surface area contributed by atoms with Crippen molar-refractivity contribution in [3.05, 3.63) is 42.4 Å². The van der Waals surface area contributed by atoms with Gasteiger partial charge in [0.05, 0.1) is 43.0 Å². The number of benzene rings is 1. The summed E-state index contributed by atoms with van der Waals surface area (Å²) in [6, 6.07) is 10.7. The normalized spacial score (nSPS) is 27.2. The maximum absolute atomic E-state index is 10.6. The van der Waals surface area contributed by atoms with Crippen molar-refractivity contribution in [2.24, 2.45) is 5.92 Å². The SMILES string of the molecule is N#CCN1CC[C@@H](C2c3ccccc3-c3cncn32)[C@H](O)C1. The number of nitrogens with zero attached hydrogens (tertiary/aromatic N) is 4. The Kier molecular flexibility index (Phi) is 3.21. The Morgan fingerprint density at radius 1 is 1.36 bits per heavy atom. The van der Waals surface area contributed by atoms with E-state index in [9.17, 15) is 5.11 Å². The number of hydrogen-bond donors (Lipinski definition) is 1. The van der Waals surface area contributed by atoms with E-state index >= 15 is 0 Å². The number of aromatic nitrogens is 2. The molecule has 1 aromatic carbocycles. The molecule has 2 aromatic rings. The maximum Gasteiger partial charge on any atom is 0.0956 e. The molecule has 1 aromatic heterocycles. The zero-order valence-corrected chi connectivity index (χ0v) is 12.3. The van der Waals surface area contributed by atoms with Crippen LogP contribution >= 0.6 is 0 Å². The number of nitriles is 1. The summed E-state index contributed by atoms with van der Waals surface area (Å²) in [6.07, 6.45) is 4.23. The van der Waals surface area contributed by atoms with Gasteiger partial charge in [0.1, 0.15) is 0 Å². The van der Waals surface area contributed by atoms with Gasteiger partial charge in [0.15, 0.2) is 0 Å². The quantitative estimate of drug-likeness (QED) is 0.856. The number of aliphatic hydroxyl groups excluding tert-OH is 1. The highest BCUT2D eigenvalue weighted by Gasteiger charge is 2.40. The second kappa shape index (κ2) is 5.24. The fourth-order valence-corrected chi connectivity index (χ4v) is 3.94. The Morgan fingerprint density at radius 3 is 3.05 bits per heavy atom. The Labute approximate surface area is 129 Å². The highest BCUT2D eigenvalue weighted by molar-refractivity contribution is 5.69. The van der Waals surface area contributed by atoms with Crippen molar-refractivity contribution >= 4 is 0 Å². The van der Waals surface area contributed by atoms with E-state index in [0.717, 1.165) is 18.7 Å². The largest absolute Gasteiger partial charge is 0.391 e. The van der Waals surface area contributed by atoms with Crippen LogP contribution in [0.15, 0.2) is 36.8 Å². The second-order valence-electron chi connectivity index (χ2n) is 6.13. The predicted molar refractivity (Wildman–Crippen MR) is 82.0 cm³/mol. The molecule has 5 heteroatoms. The first-order valence-electron chi connectivity index (χ1n) is 7.68. The van der Waals surface area contributed by atoms with Crippen molar-refractivity contribution in [1.29, 1.82) is 5.26 Å². The lowest BCUT2D eigenvalue weighted by Gasteiger charge is -2.38. The van der Waals surface area contributed by atoms with Gasteiger partial charge in [0, 0.05) is 18.0 Å². The summed E-state index contributed by atoms with van der Waals surface area (Å²) in [5.41, 5.74) is 3.63. The molecular weight excluding hydrogens is 276 g/mol. The van der Waals surface area contributed by atoms with Gasteiger partial charge in [-0.1, -0.05) is 24.3 Å². The first-order chi connectivity index (χ1) is 10.8. The minimum atomic E-state index is -0.423. The molecule has 0 saturated carbocycles. The molecule has 112 valence electrons. The molecule has 2 aliphatic rings. The standard InChI is InChI=1S/C17H18N4O/c18-6-8-20-7-5-14(16(22)10-20)17-13-4-2-1-3-12(13)15-9-19-11-21(15)17/h1-4,9,11,14,16-17,22H,5,7-8,10H2/t14-,16-,17?/m1/s1. The Balaban J connectivity index is 1.68. The van der Waals surface area contributed by atoms with E-state index < -0.39 is 6.10 Å². The molecule has 1 unspecified atom stereocenters. The predicted octanol–water partition coefficient (Wildman–Crippen LogP) is 1.66. The van der Waals surface area contributed by atoms with Gasteiger partial charge in [0.25, 0.3) is 0 Å². The third kappa shape index (κ3) is 1.96. The monoisotopic (exact) mass is 294 g/mol. The average molecular weight is 294 g/mol. The maximum atomic E-state index is 10.6. The van der Waals surface area contributed by atoms with Crippen molar-refractivity contribution in [3.8, 4) is 17.3 Å². The third-order valence-corrected chi connectivity index (χ3v) is 4.94. The van der Waals surface area contributed by atoms with E-state index in [1.165, 1.54) is 11.1 Å². The number of piperidine rings is 1. The van der Waals surface area contributed by atoms with Crippen LogP contribution < -0.4 is 0 Å². The number of β-amino-alcohol motifs (C(OH)–C–C–N with tert-alkyl or cyclic N) is 1. The summed E-state index contributed by atoms with van der Waals surface area (Å²) in [5, 5.41) is 19.5. The molecule has 3 atom stereocenters. The van der Waals surface area contributed by atoms with Crippen LogP contribution in [0.25, 0.3) is 11.3 Å². The summed E-state index contributed by atoms with van der Waals surface area (Å²) < 4.78 is 2.19. The minimum absolute atomic E-state index is 0.146. The number of rotatable bonds is 2. The molecule has 1 N–H and O–H groups in total. The second-order valence-corrected chi connectivity index (χ2v) is 6.13. The number of likely N-dealkylation sites (tertiary alicyclic amines) is 1. The third-order valence-electron chi connectivity index (χ3n) is 4.94. The van der Waals surface area contributed by atoms with Gasteiger partial charge in [0.2, 0.25) is 0 Å². The van der Waals surface area contributed by atoms with Crippen molar-refractivity contribution in [2.45, 2.75) is 18.6 Å². The molecule has 4 rings (SSSR count). The van der Waals surface area contributed by atoms with Gasteiger partial charge >= 0.3 is 0 Å².